The van der Waals surface area contributed by atoms with E-state index in [2.05, 4.69) is 9.93 Å². The summed E-state index contributed by atoms with van der Waals surface area (Å²) < 4.78 is 45.7. The van der Waals surface area contributed by atoms with Crippen LogP contribution in [0, 0.1) is 0 Å². The second-order valence-corrected chi connectivity index (χ2v) is 6.87. The first-order valence-corrected chi connectivity index (χ1v) is 9.51. The van der Waals surface area contributed by atoms with Crippen molar-refractivity contribution in [2.75, 3.05) is 27.9 Å². The van der Waals surface area contributed by atoms with Crippen LogP contribution in [-0.4, -0.2) is 42.6 Å². The van der Waals surface area contributed by atoms with Gasteiger partial charge in [-0.1, -0.05) is 0 Å². The first-order chi connectivity index (χ1) is 12.9. The molecule has 0 aliphatic carbocycles. The van der Waals surface area contributed by atoms with Gasteiger partial charge in [0.25, 0.3) is 10.0 Å². The van der Waals surface area contributed by atoms with E-state index in [1.807, 2.05) is 6.92 Å². The number of hydrazone groups is 1. The number of methoxy groups -OCH3 is 3. The zero-order valence-electron chi connectivity index (χ0n) is 15.6. The minimum atomic E-state index is -3.81. The van der Waals surface area contributed by atoms with Gasteiger partial charge in [-0.05, 0) is 37.3 Å². The predicted molar refractivity (Wildman–Crippen MR) is 102 cm³/mol. The molecule has 146 valence electrons. The van der Waals surface area contributed by atoms with Crippen LogP contribution in [0.5, 0.6) is 23.0 Å². The van der Waals surface area contributed by atoms with E-state index in [0.717, 1.165) is 0 Å². The first-order valence-electron chi connectivity index (χ1n) is 8.03. The van der Waals surface area contributed by atoms with Crippen molar-refractivity contribution in [3.05, 3.63) is 42.0 Å². The van der Waals surface area contributed by atoms with Crippen LogP contribution in [0.3, 0.4) is 0 Å². The van der Waals surface area contributed by atoms with Crippen LogP contribution >= 0.6 is 0 Å². The Morgan fingerprint density at radius 1 is 0.963 bits per heavy atom. The van der Waals surface area contributed by atoms with E-state index in [-0.39, 0.29) is 4.90 Å². The summed E-state index contributed by atoms with van der Waals surface area (Å²) >= 11 is 0. The molecule has 0 aliphatic rings. The molecule has 0 unspecified atom stereocenters. The van der Waals surface area contributed by atoms with E-state index in [1.165, 1.54) is 39.7 Å². The zero-order chi connectivity index (χ0) is 19.9. The van der Waals surface area contributed by atoms with E-state index in [4.69, 9.17) is 18.9 Å². The van der Waals surface area contributed by atoms with Gasteiger partial charge >= 0.3 is 0 Å². The molecule has 2 aromatic rings. The summed E-state index contributed by atoms with van der Waals surface area (Å²) in [6, 6.07) is 9.31. The molecule has 0 radical (unpaired) electrons. The number of benzene rings is 2. The van der Waals surface area contributed by atoms with Crippen molar-refractivity contribution in [3.63, 3.8) is 0 Å². The van der Waals surface area contributed by atoms with Crippen LogP contribution in [0.2, 0.25) is 0 Å². The zero-order valence-corrected chi connectivity index (χ0v) is 16.4. The monoisotopic (exact) mass is 394 g/mol. The fourth-order valence-corrected chi connectivity index (χ4v) is 3.04. The molecule has 0 saturated heterocycles. The van der Waals surface area contributed by atoms with Crippen molar-refractivity contribution < 1.29 is 27.4 Å². The molecule has 2 aromatic carbocycles. The lowest BCUT2D eigenvalue weighted by Gasteiger charge is -2.11. The molecule has 0 aromatic heterocycles. The lowest BCUT2D eigenvalue weighted by atomic mass is 10.2. The van der Waals surface area contributed by atoms with E-state index in [1.54, 1.807) is 24.3 Å². The molecule has 27 heavy (non-hydrogen) atoms. The van der Waals surface area contributed by atoms with Gasteiger partial charge in [-0.3, -0.25) is 0 Å². The molecule has 0 atom stereocenters. The van der Waals surface area contributed by atoms with E-state index in [9.17, 15) is 8.42 Å². The van der Waals surface area contributed by atoms with E-state index < -0.39 is 10.0 Å². The molecular formula is C18H22N2O6S. The Bertz CT molecular complexity index is 895. The van der Waals surface area contributed by atoms with Gasteiger partial charge in [0.05, 0.1) is 39.0 Å². The number of sulfonamides is 1. The molecular weight excluding hydrogens is 372 g/mol. The van der Waals surface area contributed by atoms with Crippen LogP contribution in [-0.2, 0) is 10.0 Å². The first kappa shape index (κ1) is 20.4. The van der Waals surface area contributed by atoms with Crippen molar-refractivity contribution in [2.45, 2.75) is 11.8 Å². The third-order valence-corrected chi connectivity index (χ3v) is 4.80. The SMILES string of the molecule is CCOc1ccc(S(=O)(=O)N/N=C/c2cc(OC)c(OC)cc2OC)cc1. The molecule has 0 spiro atoms. The summed E-state index contributed by atoms with van der Waals surface area (Å²) in [5.41, 5.74) is 0.518. The summed E-state index contributed by atoms with van der Waals surface area (Å²) in [6.07, 6.45) is 1.33. The molecule has 0 fully saturated rings. The summed E-state index contributed by atoms with van der Waals surface area (Å²) in [6.45, 7) is 2.35. The van der Waals surface area contributed by atoms with Crippen LogP contribution in [0.4, 0.5) is 0 Å². The number of rotatable bonds is 9. The summed E-state index contributed by atoms with van der Waals surface area (Å²) in [4.78, 5) is 2.24. The third-order valence-electron chi connectivity index (χ3n) is 3.56. The van der Waals surface area contributed by atoms with Gasteiger partial charge < -0.3 is 18.9 Å². The lowest BCUT2D eigenvalue weighted by molar-refractivity contribution is 0.340. The largest absolute Gasteiger partial charge is 0.496 e. The molecule has 8 nitrogen and oxygen atoms in total. The standard InChI is InChI=1S/C18H22N2O6S/c1-5-26-14-6-8-15(9-7-14)27(21,22)20-19-12-13-10-17(24-3)18(25-4)11-16(13)23-2/h6-12,20H,5H2,1-4H3/b19-12+. The molecule has 0 aliphatic heterocycles. The Morgan fingerprint density at radius 3 is 2.11 bits per heavy atom. The highest BCUT2D eigenvalue weighted by molar-refractivity contribution is 7.89. The highest BCUT2D eigenvalue weighted by Crippen LogP contribution is 2.33. The van der Waals surface area contributed by atoms with Crippen LogP contribution in [0.1, 0.15) is 12.5 Å². The Labute approximate surface area is 158 Å². The normalized spacial score (nSPS) is 11.3. The molecule has 2 rings (SSSR count). The molecule has 0 amide bonds. The number of hydrogen-bond acceptors (Lipinski definition) is 7. The fraction of sp³-hybridized carbons (Fsp3) is 0.278. The highest BCUT2D eigenvalue weighted by atomic mass is 32.2. The summed E-state index contributed by atoms with van der Waals surface area (Å²) in [5, 5.41) is 3.82. The minimum absolute atomic E-state index is 0.0716. The Balaban J connectivity index is 2.20. The van der Waals surface area contributed by atoms with E-state index >= 15 is 0 Å². The Kier molecular flexibility index (Phi) is 6.89. The maximum Gasteiger partial charge on any atom is 0.276 e. The van der Waals surface area contributed by atoms with Gasteiger partial charge in [-0.15, -0.1) is 0 Å². The maximum absolute atomic E-state index is 12.3. The van der Waals surface area contributed by atoms with Crippen molar-refractivity contribution >= 4 is 16.2 Å². The van der Waals surface area contributed by atoms with Crippen molar-refractivity contribution in [2.24, 2.45) is 5.10 Å². The fourth-order valence-electron chi connectivity index (χ4n) is 2.25. The lowest BCUT2D eigenvalue weighted by Crippen LogP contribution is -2.18. The molecule has 0 saturated carbocycles. The smallest absolute Gasteiger partial charge is 0.276 e. The van der Waals surface area contributed by atoms with Crippen molar-refractivity contribution in [3.8, 4) is 23.0 Å². The third kappa shape index (κ3) is 5.04. The van der Waals surface area contributed by atoms with Gasteiger partial charge in [0.2, 0.25) is 0 Å². The number of hydrogen-bond donors (Lipinski definition) is 1. The van der Waals surface area contributed by atoms with E-state index in [0.29, 0.717) is 35.2 Å². The molecule has 1 N–H and O–H groups in total. The molecule has 0 heterocycles. The number of ether oxygens (including phenoxy) is 4. The Hall–Kier alpha value is -2.94. The minimum Gasteiger partial charge on any atom is -0.496 e. The van der Waals surface area contributed by atoms with Crippen LogP contribution in [0.25, 0.3) is 0 Å². The van der Waals surface area contributed by atoms with Crippen molar-refractivity contribution in [1.29, 1.82) is 0 Å². The Morgan fingerprint density at radius 2 is 1.56 bits per heavy atom. The van der Waals surface area contributed by atoms with Gasteiger partial charge in [0.1, 0.15) is 11.5 Å². The second kappa shape index (κ2) is 9.13. The number of nitrogens with one attached hydrogen (secondary N) is 1. The second-order valence-electron chi connectivity index (χ2n) is 5.21. The summed E-state index contributed by atoms with van der Waals surface area (Å²) in [5.74, 6) is 2.00. The molecule has 9 heteroatoms. The van der Waals surface area contributed by atoms with Gasteiger partial charge in [0, 0.05) is 11.6 Å². The molecule has 0 bridgehead atoms. The average Bonchev–Trinajstić information content (AvgIpc) is 2.68. The highest BCUT2D eigenvalue weighted by Gasteiger charge is 2.14. The van der Waals surface area contributed by atoms with Gasteiger partial charge in [-0.2, -0.15) is 13.5 Å². The van der Waals surface area contributed by atoms with Crippen LogP contribution < -0.4 is 23.8 Å². The number of nitrogens with zero attached hydrogens (tertiary/aromatic N) is 1. The van der Waals surface area contributed by atoms with Crippen LogP contribution in [0.15, 0.2) is 46.4 Å². The van der Waals surface area contributed by atoms with Gasteiger partial charge in [0.15, 0.2) is 11.5 Å². The topological polar surface area (TPSA) is 95.5 Å². The quantitative estimate of drug-likeness (QED) is 0.518. The van der Waals surface area contributed by atoms with Crippen molar-refractivity contribution in [1.82, 2.24) is 4.83 Å². The van der Waals surface area contributed by atoms with Gasteiger partial charge in [-0.25, -0.2) is 4.83 Å². The summed E-state index contributed by atoms with van der Waals surface area (Å²) in [7, 11) is 0.688. The predicted octanol–water partition coefficient (Wildman–Crippen LogP) is 2.42. The average molecular weight is 394 g/mol. The maximum atomic E-state index is 12.3.